The molecule has 26 heavy (non-hydrogen) atoms. The quantitative estimate of drug-likeness (QED) is 0.676. The Morgan fingerprint density at radius 3 is 2.31 bits per heavy atom. The number of anilines is 1. The van der Waals surface area contributed by atoms with E-state index in [4.69, 9.17) is 0 Å². The molecule has 0 unspecified atom stereocenters. The van der Waals surface area contributed by atoms with Crippen LogP contribution >= 0.6 is 0 Å². The summed E-state index contributed by atoms with van der Waals surface area (Å²) in [6.45, 7) is 2.66. The second-order valence-corrected chi connectivity index (χ2v) is 6.42. The molecular formula is C18H20N6O2. The molecule has 8 nitrogen and oxygen atoms in total. The monoisotopic (exact) mass is 352 g/mol. The van der Waals surface area contributed by atoms with E-state index in [2.05, 4.69) is 15.1 Å². The fourth-order valence-corrected chi connectivity index (χ4v) is 3.42. The molecule has 1 amide bonds. The van der Waals surface area contributed by atoms with E-state index in [1.807, 2.05) is 23.9 Å². The van der Waals surface area contributed by atoms with E-state index < -0.39 is 0 Å². The van der Waals surface area contributed by atoms with Gasteiger partial charge in [0, 0.05) is 51.7 Å². The number of rotatable bonds is 2. The highest BCUT2D eigenvalue weighted by molar-refractivity contribution is 6.04. The van der Waals surface area contributed by atoms with Gasteiger partial charge in [-0.3, -0.25) is 14.3 Å². The normalized spacial score (nSPS) is 14.8. The van der Waals surface area contributed by atoms with Crippen LogP contribution in [0.2, 0.25) is 0 Å². The Hall–Kier alpha value is -3.16. The molecule has 0 spiro atoms. The minimum atomic E-state index is -0.196. The lowest BCUT2D eigenvalue weighted by atomic mass is 10.1. The molecule has 1 aliphatic rings. The summed E-state index contributed by atoms with van der Waals surface area (Å²) in [7, 11) is 3.49. The van der Waals surface area contributed by atoms with Gasteiger partial charge in [0.2, 0.25) is 0 Å². The number of nitrogens with zero attached hydrogens (tertiary/aromatic N) is 6. The van der Waals surface area contributed by atoms with Crippen LogP contribution in [-0.2, 0) is 14.1 Å². The molecule has 0 bridgehead atoms. The summed E-state index contributed by atoms with van der Waals surface area (Å²) >= 11 is 0. The van der Waals surface area contributed by atoms with Crippen LogP contribution in [0.3, 0.4) is 0 Å². The van der Waals surface area contributed by atoms with Gasteiger partial charge in [0.05, 0.1) is 11.6 Å². The molecule has 0 aliphatic carbocycles. The van der Waals surface area contributed by atoms with Crippen molar-refractivity contribution < 1.29 is 4.79 Å². The van der Waals surface area contributed by atoms with Crippen molar-refractivity contribution in [1.29, 1.82) is 0 Å². The van der Waals surface area contributed by atoms with Crippen LogP contribution in [0.5, 0.6) is 0 Å². The Morgan fingerprint density at radius 2 is 1.65 bits per heavy atom. The molecule has 3 heterocycles. The van der Waals surface area contributed by atoms with E-state index in [0.717, 1.165) is 18.9 Å². The maximum absolute atomic E-state index is 13.0. The van der Waals surface area contributed by atoms with Gasteiger partial charge in [0.25, 0.3) is 11.5 Å². The predicted molar refractivity (Wildman–Crippen MR) is 98.3 cm³/mol. The topological polar surface area (TPSA) is 76.3 Å². The summed E-state index contributed by atoms with van der Waals surface area (Å²) < 4.78 is 3.07. The maximum Gasteiger partial charge on any atom is 0.275 e. The summed E-state index contributed by atoms with van der Waals surface area (Å²) in [5, 5.41) is 9.56. The Kier molecular flexibility index (Phi) is 3.95. The second kappa shape index (κ2) is 6.29. The zero-order valence-electron chi connectivity index (χ0n) is 14.8. The van der Waals surface area contributed by atoms with Gasteiger partial charge in [-0.15, -0.1) is 0 Å². The molecule has 1 aliphatic heterocycles. The van der Waals surface area contributed by atoms with Crippen molar-refractivity contribution >= 4 is 22.5 Å². The third-order valence-corrected chi connectivity index (χ3v) is 4.84. The number of piperazine rings is 1. The molecule has 1 saturated heterocycles. The fourth-order valence-electron chi connectivity index (χ4n) is 3.42. The average Bonchev–Trinajstić information content (AvgIpc) is 3.10. The molecule has 0 radical (unpaired) electrons. The number of amides is 1. The number of carbonyl (C=O) groups is 1. The van der Waals surface area contributed by atoms with E-state index in [1.165, 1.54) is 4.68 Å². The van der Waals surface area contributed by atoms with Gasteiger partial charge in [-0.05, 0) is 6.07 Å². The van der Waals surface area contributed by atoms with Gasteiger partial charge in [-0.2, -0.15) is 10.2 Å². The highest BCUT2D eigenvalue weighted by Crippen LogP contribution is 2.18. The molecule has 4 rings (SSSR count). The summed E-state index contributed by atoms with van der Waals surface area (Å²) in [6.07, 6.45) is 1.77. The molecule has 8 heteroatoms. The Balaban J connectivity index is 1.60. The smallest absolute Gasteiger partial charge is 0.275 e. The molecule has 2 aromatic heterocycles. The zero-order valence-corrected chi connectivity index (χ0v) is 14.8. The number of carbonyl (C=O) groups excluding carboxylic acids is 1. The lowest BCUT2D eigenvalue weighted by molar-refractivity contribution is 0.0740. The first-order chi connectivity index (χ1) is 12.6. The van der Waals surface area contributed by atoms with Gasteiger partial charge in [-0.1, -0.05) is 18.2 Å². The summed E-state index contributed by atoms with van der Waals surface area (Å²) in [6, 6.07) is 9.10. The van der Waals surface area contributed by atoms with Crippen molar-refractivity contribution in [3.05, 3.63) is 52.6 Å². The molecule has 0 saturated carbocycles. The van der Waals surface area contributed by atoms with Gasteiger partial charge in [-0.25, -0.2) is 4.68 Å². The van der Waals surface area contributed by atoms with Crippen molar-refractivity contribution in [2.45, 2.75) is 0 Å². The van der Waals surface area contributed by atoms with E-state index >= 15 is 0 Å². The highest BCUT2D eigenvalue weighted by Gasteiger charge is 2.26. The van der Waals surface area contributed by atoms with E-state index in [0.29, 0.717) is 29.6 Å². The molecule has 3 aromatic rings. The second-order valence-electron chi connectivity index (χ2n) is 6.42. The van der Waals surface area contributed by atoms with Crippen LogP contribution < -0.4 is 10.5 Å². The van der Waals surface area contributed by atoms with Crippen LogP contribution in [0.25, 0.3) is 10.8 Å². The fraction of sp³-hybridized carbons (Fsp3) is 0.333. The van der Waals surface area contributed by atoms with Crippen LogP contribution in [0.4, 0.5) is 5.82 Å². The Bertz CT molecular complexity index is 1030. The van der Waals surface area contributed by atoms with Crippen LogP contribution in [0.15, 0.2) is 41.3 Å². The Labute approximate surface area is 150 Å². The van der Waals surface area contributed by atoms with Crippen LogP contribution in [0, 0.1) is 0 Å². The van der Waals surface area contributed by atoms with Crippen molar-refractivity contribution in [2.24, 2.45) is 14.1 Å². The number of hydrogen-bond donors (Lipinski definition) is 0. The molecule has 0 atom stereocenters. The van der Waals surface area contributed by atoms with Crippen molar-refractivity contribution in [1.82, 2.24) is 24.5 Å². The van der Waals surface area contributed by atoms with Crippen molar-refractivity contribution in [3.8, 4) is 0 Å². The van der Waals surface area contributed by atoms with E-state index in [9.17, 15) is 9.59 Å². The van der Waals surface area contributed by atoms with Gasteiger partial charge >= 0.3 is 0 Å². The SMILES string of the molecule is Cn1nccc1N1CCN(C(=O)c2nn(C)c(=O)c3ccccc23)CC1. The van der Waals surface area contributed by atoms with Gasteiger partial charge in [0.15, 0.2) is 5.69 Å². The average molecular weight is 352 g/mol. The van der Waals surface area contributed by atoms with Gasteiger partial charge < -0.3 is 9.80 Å². The lowest BCUT2D eigenvalue weighted by Crippen LogP contribution is -2.49. The number of aryl methyl sites for hydroxylation is 2. The highest BCUT2D eigenvalue weighted by atomic mass is 16.2. The summed E-state index contributed by atoms with van der Waals surface area (Å²) in [4.78, 5) is 29.3. The van der Waals surface area contributed by atoms with Crippen LogP contribution in [0.1, 0.15) is 10.5 Å². The largest absolute Gasteiger partial charge is 0.353 e. The van der Waals surface area contributed by atoms with Crippen molar-refractivity contribution in [3.63, 3.8) is 0 Å². The van der Waals surface area contributed by atoms with Crippen LogP contribution in [-0.4, -0.2) is 56.5 Å². The summed E-state index contributed by atoms with van der Waals surface area (Å²) in [5.74, 6) is 0.907. The number of aromatic nitrogens is 4. The zero-order chi connectivity index (χ0) is 18.3. The van der Waals surface area contributed by atoms with E-state index in [1.54, 1.807) is 36.3 Å². The first kappa shape index (κ1) is 16.3. The third-order valence-electron chi connectivity index (χ3n) is 4.84. The number of hydrogen-bond acceptors (Lipinski definition) is 5. The maximum atomic E-state index is 13.0. The molecule has 0 N–H and O–H groups in total. The van der Waals surface area contributed by atoms with Gasteiger partial charge in [0.1, 0.15) is 5.82 Å². The lowest BCUT2D eigenvalue weighted by Gasteiger charge is -2.35. The molecular weight excluding hydrogens is 332 g/mol. The first-order valence-corrected chi connectivity index (χ1v) is 8.54. The van der Waals surface area contributed by atoms with Crippen molar-refractivity contribution in [2.75, 3.05) is 31.1 Å². The first-order valence-electron chi connectivity index (χ1n) is 8.54. The molecule has 1 fully saturated rings. The standard InChI is InChI=1S/C18H20N6O2/c1-21-15(7-8-19-21)23-9-11-24(12-10-23)18(26)16-13-5-3-4-6-14(13)17(25)22(2)20-16/h3-8H,9-12H2,1-2H3. The minimum Gasteiger partial charge on any atom is -0.353 e. The Morgan fingerprint density at radius 1 is 0.962 bits per heavy atom. The molecule has 134 valence electrons. The third kappa shape index (κ3) is 2.63. The minimum absolute atomic E-state index is 0.138. The predicted octanol–water partition coefficient (Wildman–Crippen LogP) is 0.629. The summed E-state index contributed by atoms with van der Waals surface area (Å²) in [5.41, 5.74) is 0.134. The number of benzene rings is 1. The van der Waals surface area contributed by atoms with E-state index in [-0.39, 0.29) is 11.5 Å². The molecule has 1 aromatic carbocycles. The number of fused-ring (bicyclic) bond motifs is 1.